The van der Waals surface area contributed by atoms with E-state index in [4.69, 9.17) is 13.5 Å². The van der Waals surface area contributed by atoms with Crippen molar-refractivity contribution in [3.63, 3.8) is 0 Å². The number of furan rings is 1. The van der Waals surface area contributed by atoms with Crippen molar-refractivity contribution in [2.45, 2.75) is 33.4 Å². The fourth-order valence-corrected chi connectivity index (χ4v) is 3.47. The standard InChI is InChI=1S/C11H19O4P/c1-5-14-16(12,15-6-2)10(4)11-7-8-13-9(11)3/h7-8,10H,5-6H2,1-4H3. The summed E-state index contributed by atoms with van der Waals surface area (Å²) in [7, 11) is -3.09. The van der Waals surface area contributed by atoms with Gasteiger partial charge in [-0.1, -0.05) is 0 Å². The molecule has 0 N–H and O–H groups in total. The quantitative estimate of drug-likeness (QED) is 0.714. The van der Waals surface area contributed by atoms with Gasteiger partial charge in [0.2, 0.25) is 0 Å². The molecule has 0 radical (unpaired) electrons. The minimum absolute atomic E-state index is 0.300. The molecular weight excluding hydrogens is 227 g/mol. The van der Waals surface area contributed by atoms with Crippen LogP contribution in [0.2, 0.25) is 0 Å². The van der Waals surface area contributed by atoms with E-state index in [9.17, 15) is 4.57 Å². The lowest BCUT2D eigenvalue weighted by atomic mass is 10.2. The molecule has 0 aromatic carbocycles. The third kappa shape index (κ3) is 2.76. The Morgan fingerprint density at radius 3 is 2.31 bits per heavy atom. The number of aryl methyl sites for hydroxylation is 1. The Bertz CT molecular complexity index is 362. The topological polar surface area (TPSA) is 48.7 Å². The molecule has 0 fully saturated rings. The second kappa shape index (κ2) is 5.67. The largest absolute Gasteiger partial charge is 0.469 e. The molecule has 1 unspecified atom stereocenters. The molecule has 1 rings (SSSR count). The first-order valence-electron chi connectivity index (χ1n) is 5.48. The third-order valence-corrected chi connectivity index (χ3v) is 4.90. The zero-order valence-corrected chi connectivity index (χ0v) is 11.1. The highest BCUT2D eigenvalue weighted by atomic mass is 31.2. The maximum Gasteiger partial charge on any atom is 0.337 e. The van der Waals surface area contributed by atoms with Crippen molar-refractivity contribution < 1.29 is 18.0 Å². The van der Waals surface area contributed by atoms with Crippen LogP contribution in [-0.4, -0.2) is 13.2 Å². The maximum atomic E-state index is 12.5. The summed E-state index contributed by atoms with van der Waals surface area (Å²) in [6.45, 7) is 8.04. The fraction of sp³-hybridized carbons (Fsp3) is 0.636. The molecule has 1 atom stereocenters. The lowest BCUT2D eigenvalue weighted by molar-refractivity contribution is 0.213. The van der Waals surface area contributed by atoms with E-state index >= 15 is 0 Å². The molecule has 1 aromatic rings. The predicted octanol–water partition coefficient (Wildman–Crippen LogP) is 3.92. The minimum atomic E-state index is -3.09. The van der Waals surface area contributed by atoms with Crippen LogP contribution in [0, 0.1) is 6.92 Å². The van der Waals surface area contributed by atoms with Gasteiger partial charge in [-0.05, 0) is 33.8 Å². The van der Waals surface area contributed by atoms with Gasteiger partial charge in [0.25, 0.3) is 0 Å². The Hall–Kier alpha value is -0.570. The van der Waals surface area contributed by atoms with Crippen LogP contribution < -0.4 is 0 Å². The average molecular weight is 246 g/mol. The molecule has 0 amide bonds. The molecule has 4 nitrogen and oxygen atoms in total. The third-order valence-electron chi connectivity index (χ3n) is 2.44. The first kappa shape index (κ1) is 13.5. The SMILES string of the molecule is CCOP(=O)(OCC)C(C)c1ccoc1C. The van der Waals surface area contributed by atoms with Gasteiger partial charge in [0.1, 0.15) is 5.76 Å². The monoisotopic (exact) mass is 246 g/mol. The fourth-order valence-electron chi connectivity index (χ4n) is 1.62. The minimum Gasteiger partial charge on any atom is -0.469 e. The van der Waals surface area contributed by atoms with Crippen molar-refractivity contribution in [3.05, 3.63) is 23.7 Å². The Morgan fingerprint density at radius 2 is 1.94 bits per heavy atom. The molecule has 92 valence electrons. The maximum absolute atomic E-state index is 12.5. The van der Waals surface area contributed by atoms with Crippen LogP contribution in [0.4, 0.5) is 0 Å². The van der Waals surface area contributed by atoms with Crippen LogP contribution in [0.5, 0.6) is 0 Å². The van der Waals surface area contributed by atoms with Crippen LogP contribution in [0.15, 0.2) is 16.7 Å². The second-order valence-corrected chi connectivity index (χ2v) is 5.85. The van der Waals surface area contributed by atoms with E-state index in [0.29, 0.717) is 13.2 Å². The van der Waals surface area contributed by atoms with Crippen molar-refractivity contribution in [2.24, 2.45) is 0 Å². The van der Waals surface area contributed by atoms with Gasteiger partial charge in [0.05, 0.1) is 25.1 Å². The molecule has 0 aliphatic rings. The number of rotatable bonds is 6. The van der Waals surface area contributed by atoms with Crippen LogP contribution >= 0.6 is 7.60 Å². The van der Waals surface area contributed by atoms with Gasteiger partial charge < -0.3 is 13.5 Å². The highest BCUT2D eigenvalue weighted by Crippen LogP contribution is 2.61. The molecule has 0 saturated heterocycles. The van der Waals surface area contributed by atoms with E-state index in [1.165, 1.54) is 0 Å². The smallest absolute Gasteiger partial charge is 0.337 e. The van der Waals surface area contributed by atoms with Crippen LogP contribution in [0.3, 0.4) is 0 Å². The lowest BCUT2D eigenvalue weighted by Gasteiger charge is -2.22. The van der Waals surface area contributed by atoms with Crippen LogP contribution in [0.25, 0.3) is 0 Å². The van der Waals surface area contributed by atoms with E-state index in [0.717, 1.165) is 11.3 Å². The second-order valence-electron chi connectivity index (χ2n) is 3.48. The highest BCUT2D eigenvalue weighted by molar-refractivity contribution is 7.54. The Morgan fingerprint density at radius 1 is 1.38 bits per heavy atom. The van der Waals surface area contributed by atoms with Crippen LogP contribution in [-0.2, 0) is 13.6 Å². The van der Waals surface area contributed by atoms with Crippen molar-refractivity contribution in [2.75, 3.05) is 13.2 Å². The Kier molecular flexibility index (Phi) is 4.78. The first-order valence-corrected chi connectivity index (χ1v) is 7.09. The average Bonchev–Trinajstić information content (AvgIpc) is 2.64. The van der Waals surface area contributed by atoms with Gasteiger partial charge >= 0.3 is 7.60 Å². The van der Waals surface area contributed by atoms with E-state index in [1.54, 1.807) is 20.1 Å². The molecule has 16 heavy (non-hydrogen) atoms. The molecule has 0 aliphatic heterocycles. The van der Waals surface area contributed by atoms with Gasteiger partial charge in [-0.3, -0.25) is 4.57 Å². The summed E-state index contributed by atoms with van der Waals surface area (Å²) in [6.07, 6.45) is 1.59. The van der Waals surface area contributed by atoms with Crippen molar-refractivity contribution in [1.82, 2.24) is 0 Å². The zero-order chi connectivity index (χ0) is 12.2. The van der Waals surface area contributed by atoms with Gasteiger partial charge in [-0.2, -0.15) is 0 Å². The highest BCUT2D eigenvalue weighted by Gasteiger charge is 2.34. The summed E-state index contributed by atoms with van der Waals surface area (Å²) in [5.41, 5.74) is 0.580. The molecule has 5 heteroatoms. The van der Waals surface area contributed by atoms with Crippen molar-refractivity contribution in [3.8, 4) is 0 Å². The number of hydrogen-bond acceptors (Lipinski definition) is 4. The van der Waals surface area contributed by atoms with Gasteiger partial charge in [0.15, 0.2) is 0 Å². The first-order chi connectivity index (χ1) is 7.55. The summed E-state index contributed by atoms with van der Waals surface area (Å²) < 4.78 is 28.3. The summed E-state index contributed by atoms with van der Waals surface area (Å²) in [5.74, 6) is 0.757. The molecule has 1 heterocycles. The summed E-state index contributed by atoms with van der Waals surface area (Å²) in [6, 6.07) is 1.81. The normalized spacial score (nSPS) is 14.0. The van der Waals surface area contributed by atoms with E-state index in [1.807, 2.05) is 19.9 Å². The molecule has 0 saturated carbocycles. The van der Waals surface area contributed by atoms with E-state index in [2.05, 4.69) is 0 Å². The van der Waals surface area contributed by atoms with E-state index in [-0.39, 0.29) is 5.66 Å². The van der Waals surface area contributed by atoms with Crippen molar-refractivity contribution in [1.29, 1.82) is 0 Å². The summed E-state index contributed by atoms with van der Waals surface area (Å²) in [5, 5.41) is 0. The Labute approximate surface area is 96.5 Å². The van der Waals surface area contributed by atoms with Gasteiger partial charge in [-0.15, -0.1) is 0 Å². The molecular formula is C11H19O4P. The van der Waals surface area contributed by atoms with Gasteiger partial charge in [0, 0.05) is 5.56 Å². The van der Waals surface area contributed by atoms with Crippen LogP contribution in [0.1, 0.15) is 37.8 Å². The molecule has 0 spiro atoms. The zero-order valence-electron chi connectivity index (χ0n) is 10.2. The lowest BCUT2D eigenvalue weighted by Crippen LogP contribution is -2.04. The number of hydrogen-bond donors (Lipinski definition) is 0. The van der Waals surface area contributed by atoms with Crippen molar-refractivity contribution >= 4 is 7.60 Å². The van der Waals surface area contributed by atoms with E-state index < -0.39 is 7.60 Å². The predicted molar refractivity (Wildman–Crippen MR) is 62.7 cm³/mol. The van der Waals surface area contributed by atoms with Gasteiger partial charge in [-0.25, -0.2) is 0 Å². The molecule has 0 aliphatic carbocycles. The molecule has 0 bridgehead atoms. The molecule has 1 aromatic heterocycles. The summed E-state index contributed by atoms with van der Waals surface area (Å²) in [4.78, 5) is 0. The Balaban J connectivity index is 2.95. The summed E-state index contributed by atoms with van der Waals surface area (Å²) >= 11 is 0.